The van der Waals surface area contributed by atoms with Crippen molar-refractivity contribution < 1.29 is 31.1 Å². The van der Waals surface area contributed by atoms with E-state index in [9.17, 15) is 26.3 Å². The molecule has 0 unspecified atom stereocenters. The second-order valence-corrected chi connectivity index (χ2v) is 6.21. The quantitative estimate of drug-likeness (QED) is 0.764. The number of nitrogens with one attached hydrogen (secondary N) is 1. The van der Waals surface area contributed by atoms with Gasteiger partial charge in [-0.15, -0.1) is 11.3 Å². The maximum atomic E-state index is 13.4. The van der Waals surface area contributed by atoms with Gasteiger partial charge in [-0.2, -0.15) is 31.4 Å². The Morgan fingerprint density at radius 2 is 1.76 bits per heavy atom. The third-order valence-electron chi connectivity index (χ3n) is 3.43. The maximum Gasteiger partial charge on any atom is 0.425 e. The summed E-state index contributed by atoms with van der Waals surface area (Å²) in [5, 5.41) is 3.89. The number of benzene rings is 1. The molecule has 0 bridgehead atoms. The smallest absolute Gasteiger partial charge is 0.353 e. The Morgan fingerprint density at radius 3 is 2.32 bits per heavy atom. The highest BCUT2D eigenvalue weighted by atomic mass is 32.1. The summed E-state index contributed by atoms with van der Waals surface area (Å²) in [6.07, 6.45) is -9.32. The van der Waals surface area contributed by atoms with Gasteiger partial charge in [-0.1, -0.05) is 12.1 Å². The molecule has 2 aromatic rings. The van der Waals surface area contributed by atoms with Crippen LogP contribution in [-0.2, 0) is 17.1 Å². The molecular formula is C15H10F6N2OS. The molecule has 3 nitrogen and oxygen atoms in total. The zero-order chi connectivity index (χ0) is 18.2. The van der Waals surface area contributed by atoms with Crippen LogP contribution in [0.2, 0.25) is 0 Å². The number of thiophene rings is 1. The average Bonchev–Trinajstić information content (AvgIpc) is 3.04. The molecule has 10 heteroatoms. The zero-order valence-corrected chi connectivity index (χ0v) is 13.1. The van der Waals surface area contributed by atoms with Crippen LogP contribution < -0.4 is 5.43 Å². The lowest BCUT2D eigenvalue weighted by atomic mass is 10.00. The molecule has 1 aliphatic heterocycles. The van der Waals surface area contributed by atoms with Crippen LogP contribution in [0, 0.1) is 0 Å². The number of halogens is 6. The second-order valence-electron chi connectivity index (χ2n) is 5.13. The molecule has 0 aliphatic carbocycles. The fourth-order valence-electron chi connectivity index (χ4n) is 2.31. The molecule has 1 aromatic heterocycles. The number of ether oxygens (including phenoxy) is 1. The second kappa shape index (κ2) is 6.34. The zero-order valence-electron chi connectivity index (χ0n) is 12.3. The summed E-state index contributed by atoms with van der Waals surface area (Å²) < 4.78 is 83.5. The monoisotopic (exact) mass is 380 g/mol. The van der Waals surface area contributed by atoms with Crippen LogP contribution in [0.25, 0.3) is 10.4 Å². The summed E-state index contributed by atoms with van der Waals surface area (Å²) in [6.45, 7) is 0.198. The van der Waals surface area contributed by atoms with Crippen LogP contribution >= 0.6 is 11.3 Å². The minimum Gasteiger partial charge on any atom is -0.353 e. The average molecular weight is 380 g/mol. The molecule has 0 amide bonds. The fraction of sp³-hybridized carbons (Fsp3) is 0.267. The minimum absolute atomic E-state index is 0.0425. The van der Waals surface area contributed by atoms with Gasteiger partial charge in [-0.05, 0) is 18.2 Å². The summed E-state index contributed by atoms with van der Waals surface area (Å²) >= 11 is 0.272. The SMILES string of the molecule is FC(F)(F)c1ccc(-c2ccc(C3=NNCOC3)cc2C(F)(F)F)s1. The van der Waals surface area contributed by atoms with Gasteiger partial charge in [0.15, 0.2) is 0 Å². The van der Waals surface area contributed by atoms with Crippen LogP contribution in [0.1, 0.15) is 16.0 Å². The highest BCUT2D eigenvalue weighted by molar-refractivity contribution is 7.15. The number of hydrazone groups is 1. The lowest BCUT2D eigenvalue weighted by molar-refractivity contribution is -0.137. The van der Waals surface area contributed by atoms with Crippen molar-refractivity contribution in [3.8, 4) is 10.4 Å². The van der Waals surface area contributed by atoms with Crippen molar-refractivity contribution in [2.45, 2.75) is 12.4 Å². The molecule has 1 aliphatic rings. The molecule has 25 heavy (non-hydrogen) atoms. The Kier molecular flexibility index (Phi) is 4.50. The van der Waals surface area contributed by atoms with Crippen molar-refractivity contribution >= 4 is 17.0 Å². The first-order chi connectivity index (χ1) is 11.7. The third-order valence-corrected chi connectivity index (χ3v) is 4.59. The normalized spacial score (nSPS) is 15.7. The molecule has 1 aromatic carbocycles. The van der Waals surface area contributed by atoms with E-state index in [1.54, 1.807) is 0 Å². The van der Waals surface area contributed by atoms with E-state index in [2.05, 4.69) is 10.5 Å². The molecule has 134 valence electrons. The molecule has 0 radical (unpaired) electrons. The van der Waals surface area contributed by atoms with Gasteiger partial charge in [0, 0.05) is 16.0 Å². The van der Waals surface area contributed by atoms with Gasteiger partial charge in [0.05, 0.1) is 17.9 Å². The molecule has 0 saturated heterocycles. The molecule has 0 spiro atoms. The molecule has 1 N–H and O–H groups in total. The van der Waals surface area contributed by atoms with E-state index in [1.807, 2.05) is 0 Å². The first-order valence-corrected chi connectivity index (χ1v) is 7.74. The molecule has 0 saturated carbocycles. The lowest BCUT2D eigenvalue weighted by Gasteiger charge is -2.17. The van der Waals surface area contributed by atoms with Crippen molar-refractivity contribution in [1.29, 1.82) is 0 Å². The largest absolute Gasteiger partial charge is 0.425 e. The lowest BCUT2D eigenvalue weighted by Crippen LogP contribution is -2.26. The van der Waals surface area contributed by atoms with Crippen molar-refractivity contribution in [3.63, 3.8) is 0 Å². The molecule has 0 fully saturated rings. The van der Waals surface area contributed by atoms with Gasteiger partial charge in [0.2, 0.25) is 0 Å². The van der Waals surface area contributed by atoms with E-state index in [4.69, 9.17) is 4.74 Å². The number of hydrogen-bond acceptors (Lipinski definition) is 4. The van der Waals surface area contributed by atoms with Crippen molar-refractivity contribution in [3.05, 3.63) is 46.3 Å². The molecular weight excluding hydrogens is 370 g/mol. The number of hydrogen-bond donors (Lipinski definition) is 1. The Labute approximate surface area is 141 Å². The van der Waals surface area contributed by atoms with Crippen LogP contribution in [-0.4, -0.2) is 19.0 Å². The van der Waals surface area contributed by atoms with Crippen molar-refractivity contribution in [2.75, 3.05) is 13.3 Å². The summed E-state index contributed by atoms with van der Waals surface area (Å²) in [5.74, 6) is 0. The number of alkyl halides is 6. The van der Waals surface area contributed by atoms with Gasteiger partial charge in [-0.3, -0.25) is 5.43 Å². The Hall–Kier alpha value is -2.07. The van der Waals surface area contributed by atoms with E-state index in [0.29, 0.717) is 0 Å². The highest BCUT2D eigenvalue weighted by Crippen LogP contribution is 2.43. The standard InChI is InChI=1S/C15H10F6N2OS/c16-14(17,18)10-5-8(11-6-24-7-22-23-11)1-2-9(10)12-3-4-13(25-12)15(19,20)21/h1-5,22H,6-7H2. The van der Waals surface area contributed by atoms with E-state index in [-0.39, 0.29) is 46.4 Å². The summed E-state index contributed by atoms with van der Waals surface area (Å²) in [7, 11) is 0. The predicted octanol–water partition coefficient (Wildman–Crippen LogP) is 4.73. The molecule has 0 atom stereocenters. The van der Waals surface area contributed by atoms with E-state index in [0.717, 1.165) is 24.3 Å². The number of rotatable bonds is 2. The summed E-state index contributed by atoms with van der Waals surface area (Å²) in [4.78, 5) is -1.06. The number of nitrogens with zero attached hydrogens (tertiary/aromatic N) is 1. The van der Waals surface area contributed by atoms with Crippen molar-refractivity contribution in [2.24, 2.45) is 5.10 Å². The van der Waals surface area contributed by atoms with Crippen molar-refractivity contribution in [1.82, 2.24) is 5.43 Å². The predicted molar refractivity (Wildman–Crippen MR) is 80.3 cm³/mol. The topological polar surface area (TPSA) is 33.6 Å². The molecule has 2 heterocycles. The van der Waals surface area contributed by atoms with Gasteiger partial charge < -0.3 is 4.74 Å². The Morgan fingerprint density at radius 1 is 1.00 bits per heavy atom. The van der Waals surface area contributed by atoms with Gasteiger partial charge in [0.25, 0.3) is 0 Å². The van der Waals surface area contributed by atoms with Gasteiger partial charge in [-0.25, -0.2) is 0 Å². The molecule has 3 rings (SSSR count). The minimum atomic E-state index is -4.72. The van der Waals surface area contributed by atoms with Crippen LogP contribution in [0.3, 0.4) is 0 Å². The fourth-order valence-corrected chi connectivity index (χ4v) is 3.22. The van der Waals surface area contributed by atoms with Crippen LogP contribution in [0.15, 0.2) is 35.4 Å². The summed E-state index contributed by atoms with van der Waals surface area (Å²) in [5.41, 5.74) is 1.67. The first-order valence-electron chi connectivity index (χ1n) is 6.92. The summed E-state index contributed by atoms with van der Waals surface area (Å²) in [6, 6.07) is 5.23. The highest BCUT2D eigenvalue weighted by Gasteiger charge is 2.36. The van der Waals surface area contributed by atoms with Crippen LogP contribution in [0.4, 0.5) is 26.3 Å². The maximum absolute atomic E-state index is 13.4. The third kappa shape index (κ3) is 3.79. The van der Waals surface area contributed by atoms with Gasteiger partial charge in [0.1, 0.15) is 11.6 Å². The van der Waals surface area contributed by atoms with Gasteiger partial charge >= 0.3 is 12.4 Å². The van der Waals surface area contributed by atoms with E-state index < -0.39 is 22.8 Å². The van der Waals surface area contributed by atoms with Crippen LogP contribution in [0.5, 0.6) is 0 Å². The first kappa shape index (κ1) is 17.7. The Bertz CT molecular complexity index is 809. The van der Waals surface area contributed by atoms with E-state index in [1.165, 1.54) is 6.07 Å². The van der Waals surface area contributed by atoms with E-state index >= 15 is 0 Å². The Balaban J connectivity index is 2.07.